The van der Waals surface area contributed by atoms with Gasteiger partial charge in [-0.25, -0.2) is 4.79 Å². The molecule has 0 unspecified atom stereocenters. The second-order valence-electron chi connectivity index (χ2n) is 16.6. The van der Waals surface area contributed by atoms with E-state index in [0.29, 0.717) is 32.1 Å². The van der Waals surface area contributed by atoms with Crippen LogP contribution in [0.25, 0.3) is 0 Å². The zero-order valence-electron chi connectivity index (χ0n) is 37.2. The third-order valence-corrected chi connectivity index (χ3v) is 11.5. The maximum absolute atomic E-state index is 14.3. The Balaban J connectivity index is 1.70. The number of guanidine groups is 1. The number of hydrogen-bond donors (Lipinski definition) is 11. The summed E-state index contributed by atoms with van der Waals surface area (Å²) in [7, 11) is 0. The van der Waals surface area contributed by atoms with Crippen LogP contribution in [-0.4, -0.2) is 159 Å². The minimum atomic E-state index is -1.60. The lowest BCUT2D eigenvalue weighted by Gasteiger charge is -2.33. The number of aliphatic imine (C=N–C) groups is 1. The lowest BCUT2D eigenvalue weighted by atomic mass is 9.98. The summed E-state index contributed by atoms with van der Waals surface area (Å²) in [4.78, 5) is 114. The van der Waals surface area contributed by atoms with E-state index in [4.69, 9.17) is 17.2 Å². The maximum atomic E-state index is 14.3. The van der Waals surface area contributed by atoms with E-state index >= 15 is 0 Å². The Labute approximate surface area is 372 Å². The molecule has 0 spiro atoms. The molecule has 0 aliphatic carbocycles. The van der Waals surface area contributed by atoms with E-state index in [2.05, 4.69) is 31.6 Å². The van der Waals surface area contributed by atoms with E-state index in [-0.39, 0.29) is 44.9 Å². The summed E-state index contributed by atoms with van der Waals surface area (Å²) in [5.41, 5.74) is 17.7. The van der Waals surface area contributed by atoms with Gasteiger partial charge in [-0.3, -0.25) is 38.6 Å². The Kier molecular flexibility index (Phi) is 20.4. The molecule has 2 aliphatic rings. The number of carbonyl (C=O) groups excluding carboxylic acids is 7. The van der Waals surface area contributed by atoms with Gasteiger partial charge < -0.3 is 68.9 Å². The number of aliphatic hydroxyl groups excluding tert-OH is 2. The van der Waals surface area contributed by atoms with Gasteiger partial charge in [0.25, 0.3) is 0 Å². The summed E-state index contributed by atoms with van der Waals surface area (Å²) in [6, 6.07) is -0.927. The van der Waals surface area contributed by atoms with Crippen LogP contribution in [0.3, 0.4) is 0 Å². The van der Waals surface area contributed by atoms with Crippen LogP contribution in [0, 0.1) is 5.92 Å². The maximum Gasteiger partial charge on any atom is 0.326 e. The first-order valence-corrected chi connectivity index (χ1v) is 21.7. The molecule has 0 saturated carbocycles. The van der Waals surface area contributed by atoms with Crippen LogP contribution in [-0.2, 0) is 44.8 Å². The third-order valence-electron chi connectivity index (χ3n) is 11.5. The van der Waals surface area contributed by atoms with E-state index in [1.54, 1.807) is 38.1 Å². The first kappa shape index (κ1) is 52.5. The van der Waals surface area contributed by atoms with Gasteiger partial charge in [-0.05, 0) is 70.8 Å². The molecule has 64 heavy (non-hydrogen) atoms. The molecule has 0 bridgehead atoms. The highest BCUT2D eigenvalue weighted by atomic mass is 16.4. The molecule has 7 amide bonds. The van der Waals surface area contributed by atoms with Gasteiger partial charge in [-0.15, -0.1) is 0 Å². The fourth-order valence-electron chi connectivity index (χ4n) is 7.59. The number of nitrogens with one attached hydrogen (secondary N) is 5. The SMILES string of the molecule is CC[C@H](C)[C@H](NC(=O)[C@@H](NC(=O)[C@H](C)NC(=O)[C@@H](NC(=O)[C@@H]1CCCN1C(=O)[C@@H]1CCCN1C(=O)[C@H](Cc1ccccc1)NC(=O)[C@@H](N)CCCN=C(N)N)[C@@H](C)O)[C@@H](C)O)C(=O)O. The summed E-state index contributed by atoms with van der Waals surface area (Å²) in [5, 5.41) is 42.7. The number of nitrogens with zero attached hydrogens (tertiary/aromatic N) is 3. The number of rotatable bonds is 23. The standard InChI is InChI=1S/C42H67N11O11/c1-6-22(2)31(41(63)64)49-38(60)33(25(5)55)50-34(56)23(3)47-37(59)32(24(4)54)51-36(58)29-16-11-19-52(29)40(62)30-17-12-20-53(30)39(61)28(21-26-13-8-7-9-14-26)48-35(57)27(43)15-10-18-46-42(44)45/h7-9,13-14,22-25,27-33,54-55H,6,10-12,15-21,43H2,1-5H3,(H,47,59)(H,48,57)(H,49,60)(H,50,56)(H,51,58)(H,63,64)(H4,44,45,46)/t22-,23-,24+,25+,27-,28-,29-,30-,31-,32-,33-/m0/s1. The number of amides is 7. The Morgan fingerprint density at radius 1 is 0.750 bits per heavy atom. The van der Waals surface area contributed by atoms with Gasteiger partial charge in [0.1, 0.15) is 42.3 Å². The van der Waals surface area contributed by atoms with Gasteiger partial charge in [-0.2, -0.15) is 0 Å². The van der Waals surface area contributed by atoms with Crippen LogP contribution in [0.4, 0.5) is 0 Å². The van der Waals surface area contributed by atoms with Crippen molar-refractivity contribution in [2.75, 3.05) is 19.6 Å². The molecule has 14 N–H and O–H groups in total. The molecule has 2 heterocycles. The van der Waals surface area contributed by atoms with Gasteiger partial charge in [0.2, 0.25) is 41.4 Å². The Morgan fingerprint density at radius 2 is 1.31 bits per heavy atom. The molecule has 356 valence electrons. The second kappa shape index (κ2) is 24.8. The molecule has 11 atom stereocenters. The van der Waals surface area contributed by atoms with Crippen molar-refractivity contribution in [2.45, 2.75) is 147 Å². The summed E-state index contributed by atoms with van der Waals surface area (Å²) in [6.45, 7) is 7.72. The van der Waals surface area contributed by atoms with Crippen LogP contribution < -0.4 is 43.8 Å². The second-order valence-corrected chi connectivity index (χ2v) is 16.6. The van der Waals surface area contributed by atoms with E-state index in [1.165, 1.54) is 30.6 Å². The van der Waals surface area contributed by atoms with Crippen molar-refractivity contribution in [2.24, 2.45) is 28.1 Å². The first-order valence-electron chi connectivity index (χ1n) is 21.7. The zero-order chi connectivity index (χ0) is 47.8. The zero-order valence-corrected chi connectivity index (χ0v) is 37.2. The van der Waals surface area contributed by atoms with E-state index in [9.17, 15) is 53.7 Å². The van der Waals surface area contributed by atoms with Gasteiger partial charge in [0, 0.05) is 26.1 Å². The van der Waals surface area contributed by atoms with Crippen molar-refractivity contribution in [1.29, 1.82) is 0 Å². The molecule has 1 aromatic carbocycles. The van der Waals surface area contributed by atoms with E-state index in [1.807, 2.05) is 6.07 Å². The summed E-state index contributed by atoms with van der Waals surface area (Å²) in [6.07, 6.45) is -0.361. The number of carboxylic acid groups (broad SMARTS) is 1. The molecule has 2 saturated heterocycles. The van der Waals surface area contributed by atoms with Crippen molar-refractivity contribution < 1.29 is 53.7 Å². The minimum Gasteiger partial charge on any atom is -0.480 e. The van der Waals surface area contributed by atoms with Crippen LogP contribution in [0.5, 0.6) is 0 Å². The average molecular weight is 902 g/mol. The van der Waals surface area contributed by atoms with Gasteiger partial charge in [-0.1, -0.05) is 50.6 Å². The highest BCUT2D eigenvalue weighted by Gasteiger charge is 2.45. The molecule has 2 aliphatic heterocycles. The number of aliphatic carboxylic acids is 1. The van der Waals surface area contributed by atoms with E-state index < -0.39 is 114 Å². The quantitative estimate of drug-likeness (QED) is 0.0295. The van der Waals surface area contributed by atoms with Crippen LogP contribution in [0.1, 0.15) is 85.1 Å². The third kappa shape index (κ3) is 14.9. The van der Waals surface area contributed by atoms with Crippen molar-refractivity contribution in [1.82, 2.24) is 36.4 Å². The number of nitrogens with two attached hydrogens (primary N) is 3. The topological polar surface area (TPSA) is 354 Å². The van der Waals surface area contributed by atoms with Gasteiger partial charge >= 0.3 is 5.97 Å². The number of likely N-dealkylation sites (tertiary alicyclic amines) is 2. The highest BCUT2D eigenvalue weighted by Crippen LogP contribution is 2.26. The predicted molar refractivity (Wildman–Crippen MR) is 233 cm³/mol. The summed E-state index contributed by atoms with van der Waals surface area (Å²) >= 11 is 0. The van der Waals surface area contributed by atoms with Gasteiger partial charge in [0.05, 0.1) is 18.2 Å². The first-order chi connectivity index (χ1) is 30.2. The van der Waals surface area contributed by atoms with E-state index in [0.717, 1.165) is 5.56 Å². The van der Waals surface area contributed by atoms with Crippen molar-refractivity contribution in [3.63, 3.8) is 0 Å². The largest absolute Gasteiger partial charge is 0.480 e. The number of benzene rings is 1. The molecule has 3 rings (SSSR count). The predicted octanol–water partition coefficient (Wildman–Crippen LogP) is -3.07. The molecular formula is C42H67N11O11. The molecule has 0 radical (unpaired) electrons. The number of hydrogen-bond acceptors (Lipinski definition) is 12. The number of carboxylic acids is 1. The molecule has 1 aromatic rings. The van der Waals surface area contributed by atoms with Crippen LogP contribution in [0.15, 0.2) is 35.3 Å². The number of carbonyl (C=O) groups is 8. The van der Waals surface area contributed by atoms with Crippen LogP contribution in [0.2, 0.25) is 0 Å². The molecule has 0 aromatic heterocycles. The lowest BCUT2D eigenvalue weighted by Crippen LogP contribution is -2.62. The fraction of sp³-hybridized carbons (Fsp3) is 0.643. The Morgan fingerprint density at radius 3 is 1.89 bits per heavy atom. The highest BCUT2D eigenvalue weighted by molar-refractivity contribution is 5.98. The average Bonchev–Trinajstić information content (AvgIpc) is 3.95. The normalized spacial score (nSPS) is 20.2. The monoisotopic (exact) mass is 902 g/mol. The van der Waals surface area contributed by atoms with Crippen molar-refractivity contribution in [3.8, 4) is 0 Å². The lowest BCUT2D eigenvalue weighted by molar-refractivity contribution is -0.148. The van der Waals surface area contributed by atoms with Crippen LogP contribution >= 0.6 is 0 Å². The van der Waals surface area contributed by atoms with Crippen molar-refractivity contribution >= 4 is 53.3 Å². The summed E-state index contributed by atoms with van der Waals surface area (Å²) < 4.78 is 0. The molecule has 22 heteroatoms. The smallest absolute Gasteiger partial charge is 0.326 e. The Bertz CT molecular complexity index is 1830. The minimum absolute atomic E-state index is 0.0879. The van der Waals surface area contributed by atoms with Gasteiger partial charge in [0.15, 0.2) is 5.96 Å². The fourth-order valence-corrected chi connectivity index (χ4v) is 7.59. The summed E-state index contributed by atoms with van der Waals surface area (Å²) in [5.74, 6) is -7.05. The van der Waals surface area contributed by atoms with Crippen molar-refractivity contribution in [3.05, 3.63) is 35.9 Å². The molecule has 22 nitrogen and oxygen atoms in total. The molecule has 2 fully saturated rings. The number of aliphatic hydroxyl groups is 2. The Hall–Kier alpha value is -5.87. The molecular weight excluding hydrogens is 835 g/mol.